The molecule has 1 amide bonds. The van der Waals surface area contributed by atoms with Crippen LogP contribution in [0.3, 0.4) is 0 Å². The van der Waals surface area contributed by atoms with Crippen LogP contribution < -0.4 is 5.32 Å². The first-order chi connectivity index (χ1) is 16.1. The number of alkyl halides is 2. The number of halogens is 2. The van der Waals surface area contributed by atoms with Crippen molar-refractivity contribution in [3.63, 3.8) is 0 Å². The van der Waals surface area contributed by atoms with Gasteiger partial charge in [0.2, 0.25) is 5.91 Å². The first-order valence-electron chi connectivity index (χ1n) is 10.9. The zero-order chi connectivity index (χ0) is 25.1. The molecule has 1 aromatic heterocycles. The van der Waals surface area contributed by atoms with E-state index >= 15 is 0 Å². The summed E-state index contributed by atoms with van der Waals surface area (Å²) in [6.45, 7) is 8.22. The van der Waals surface area contributed by atoms with Gasteiger partial charge in [-0.25, -0.2) is 21.9 Å². The third-order valence-corrected chi connectivity index (χ3v) is 6.58. The molecular formula is C20H33F2N5O6S. The number of hydrogen-bond donors (Lipinski definition) is 1. The Morgan fingerprint density at radius 3 is 2.29 bits per heavy atom. The molecule has 0 saturated carbocycles. The van der Waals surface area contributed by atoms with Gasteiger partial charge in [-0.3, -0.25) is 9.69 Å². The largest absolute Gasteiger partial charge is 0.377 e. The minimum atomic E-state index is -3.13. The lowest BCUT2D eigenvalue weighted by atomic mass is 10.2. The van der Waals surface area contributed by atoms with Crippen LogP contribution in [0.4, 0.5) is 8.78 Å². The van der Waals surface area contributed by atoms with E-state index in [9.17, 15) is 22.0 Å². The van der Waals surface area contributed by atoms with Crippen LogP contribution in [-0.4, -0.2) is 105 Å². The second kappa shape index (κ2) is 13.8. The van der Waals surface area contributed by atoms with Gasteiger partial charge in [0.05, 0.1) is 51.4 Å². The Labute approximate surface area is 198 Å². The molecule has 2 rings (SSSR count). The molecule has 0 aliphatic carbocycles. The molecule has 0 bridgehead atoms. The van der Waals surface area contributed by atoms with Gasteiger partial charge in [0, 0.05) is 38.0 Å². The normalized spacial score (nSPS) is 15.0. The highest BCUT2D eigenvalue weighted by Gasteiger charge is 2.35. The summed E-state index contributed by atoms with van der Waals surface area (Å²) in [5.41, 5.74) is 0.304. The number of nitrogens with zero attached hydrogens (tertiary/aromatic N) is 4. The third-order valence-electron chi connectivity index (χ3n) is 5.07. The Morgan fingerprint density at radius 1 is 1.15 bits per heavy atom. The predicted octanol–water partition coefficient (Wildman–Crippen LogP) is 0.187. The van der Waals surface area contributed by atoms with Crippen molar-refractivity contribution in [2.75, 3.05) is 65.5 Å². The number of nitrogens with one attached hydrogen (secondary N) is 1. The van der Waals surface area contributed by atoms with Gasteiger partial charge in [-0.2, -0.15) is 0 Å². The molecule has 0 atom stereocenters. The molecule has 34 heavy (non-hydrogen) atoms. The van der Waals surface area contributed by atoms with Crippen molar-refractivity contribution >= 4 is 15.7 Å². The fourth-order valence-electron chi connectivity index (χ4n) is 3.09. The Morgan fingerprint density at radius 2 is 1.74 bits per heavy atom. The fraction of sp³-hybridized carbons (Fsp3) is 0.750. The highest BCUT2D eigenvalue weighted by molar-refractivity contribution is 7.91. The summed E-state index contributed by atoms with van der Waals surface area (Å²) < 4.78 is 67.3. The fourth-order valence-corrected chi connectivity index (χ4v) is 4.05. The first-order valence-corrected chi connectivity index (χ1v) is 12.8. The van der Waals surface area contributed by atoms with Gasteiger partial charge in [-0.05, 0) is 6.92 Å². The van der Waals surface area contributed by atoms with E-state index in [1.54, 1.807) is 11.8 Å². The van der Waals surface area contributed by atoms with Gasteiger partial charge in [0.25, 0.3) is 6.43 Å². The molecule has 0 aromatic carbocycles. The summed E-state index contributed by atoms with van der Waals surface area (Å²) in [7, 11) is -3.13. The number of rotatable bonds is 17. The van der Waals surface area contributed by atoms with Crippen molar-refractivity contribution in [2.45, 2.75) is 31.7 Å². The molecule has 1 aliphatic heterocycles. The Kier molecular flexibility index (Phi) is 11.4. The maximum Gasteiger partial charge on any atom is 0.281 e. The van der Waals surface area contributed by atoms with E-state index in [2.05, 4.69) is 22.2 Å². The lowest BCUT2D eigenvalue weighted by Gasteiger charge is -2.37. The standard InChI is InChI=1S/C20H33F2N5O6S/c1-15(2)20(28)23-4-6-31-8-10-33-11-9-32-7-5-27-18(19(21)22)17(24-25-27)14-26-12-16(13-26)34(3,29)30/h16,19H,1,4-14H2,2-3H3,(H,23,28). The smallest absolute Gasteiger partial charge is 0.281 e. The number of likely N-dealkylation sites (tertiary alicyclic amines) is 1. The van der Waals surface area contributed by atoms with Crippen LogP contribution in [0, 0.1) is 0 Å². The molecule has 2 heterocycles. The average Bonchev–Trinajstić information content (AvgIpc) is 3.12. The highest BCUT2D eigenvalue weighted by Crippen LogP contribution is 2.25. The van der Waals surface area contributed by atoms with E-state index in [0.717, 1.165) is 4.68 Å². The van der Waals surface area contributed by atoms with Gasteiger partial charge in [-0.15, -0.1) is 5.10 Å². The van der Waals surface area contributed by atoms with Crippen molar-refractivity contribution in [3.05, 3.63) is 23.5 Å². The molecule has 194 valence electrons. The topological polar surface area (TPSA) is 125 Å². The van der Waals surface area contributed by atoms with Crippen molar-refractivity contribution in [3.8, 4) is 0 Å². The molecule has 1 aromatic rings. The van der Waals surface area contributed by atoms with Gasteiger partial charge in [0.15, 0.2) is 9.84 Å². The number of carbonyl (C=O) groups is 1. The third kappa shape index (κ3) is 9.33. The number of ether oxygens (including phenoxy) is 3. The zero-order valence-corrected chi connectivity index (χ0v) is 20.4. The summed E-state index contributed by atoms with van der Waals surface area (Å²) in [6.07, 6.45) is -1.58. The maximum absolute atomic E-state index is 13.5. The van der Waals surface area contributed by atoms with E-state index < -0.39 is 21.5 Å². The molecular weight excluding hydrogens is 476 g/mol. The number of aromatic nitrogens is 3. The highest BCUT2D eigenvalue weighted by atomic mass is 32.2. The second-order valence-corrected chi connectivity index (χ2v) is 10.3. The monoisotopic (exact) mass is 509 g/mol. The molecule has 1 saturated heterocycles. The summed E-state index contributed by atoms with van der Waals surface area (Å²) in [5.74, 6) is -0.210. The molecule has 1 N–H and O–H groups in total. The Bertz CT molecular complexity index is 905. The van der Waals surface area contributed by atoms with Crippen LogP contribution in [0.15, 0.2) is 12.2 Å². The second-order valence-electron chi connectivity index (χ2n) is 7.96. The minimum absolute atomic E-state index is 0.109. The van der Waals surface area contributed by atoms with E-state index in [1.807, 2.05) is 0 Å². The van der Waals surface area contributed by atoms with Crippen molar-refractivity contribution in [2.24, 2.45) is 0 Å². The van der Waals surface area contributed by atoms with Gasteiger partial charge >= 0.3 is 0 Å². The summed E-state index contributed by atoms with van der Waals surface area (Å²) in [4.78, 5) is 13.0. The van der Waals surface area contributed by atoms with Crippen molar-refractivity contribution in [1.82, 2.24) is 25.2 Å². The van der Waals surface area contributed by atoms with Crippen molar-refractivity contribution in [1.29, 1.82) is 0 Å². The summed E-state index contributed by atoms with van der Waals surface area (Å²) in [5, 5.41) is 9.84. The molecule has 1 fully saturated rings. The average molecular weight is 510 g/mol. The lowest BCUT2D eigenvalue weighted by Crippen LogP contribution is -2.53. The molecule has 11 nitrogen and oxygen atoms in total. The minimum Gasteiger partial charge on any atom is -0.377 e. The first kappa shape index (κ1) is 28.2. The molecule has 1 aliphatic rings. The van der Waals surface area contributed by atoms with Crippen LogP contribution in [0.2, 0.25) is 0 Å². The van der Waals surface area contributed by atoms with Crippen LogP contribution in [0.1, 0.15) is 24.7 Å². The number of carbonyl (C=O) groups excluding carboxylic acids is 1. The number of amides is 1. The van der Waals surface area contributed by atoms with Crippen molar-refractivity contribution < 1.29 is 36.2 Å². The molecule has 14 heteroatoms. The number of sulfone groups is 1. The van der Waals surface area contributed by atoms with E-state index in [1.165, 1.54) is 6.26 Å². The Hall–Kier alpha value is -2.00. The zero-order valence-electron chi connectivity index (χ0n) is 19.5. The van der Waals surface area contributed by atoms with Crippen LogP contribution in [0.5, 0.6) is 0 Å². The van der Waals surface area contributed by atoms with Crippen LogP contribution >= 0.6 is 0 Å². The predicted molar refractivity (Wildman–Crippen MR) is 119 cm³/mol. The summed E-state index contributed by atoms with van der Waals surface area (Å²) in [6, 6.07) is 0. The number of hydrogen-bond acceptors (Lipinski definition) is 9. The van der Waals surface area contributed by atoms with Gasteiger partial charge in [0.1, 0.15) is 11.4 Å². The van der Waals surface area contributed by atoms with E-state index in [4.69, 9.17) is 14.2 Å². The maximum atomic E-state index is 13.5. The molecule has 0 radical (unpaired) electrons. The van der Waals surface area contributed by atoms with Crippen LogP contribution in [0.25, 0.3) is 0 Å². The molecule has 0 unspecified atom stereocenters. The summed E-state index contributed by atoms with van der Waals surface area (Å²) >= 11 is 0. The quantitative estimate of drug-likeness (QED) is 0.231. The van der Waals surface area contributed by atoms with Gasteiger partial charge in [-0.1, -0.05) is 11.8 Å². The van der Waals surface area contributed by atoms with E-state index in [0.29, 0.717) is 51.6 Å². The van der Waals surface area contributed by atoms with Crippen LogP contribution in [-0.2, 0) is 41.9 Å². The Balaban J connectivity index is 1.56. The van der Waals surface area contributed by atoms with Gasteiger partial charge < -0.3 is 19.5 Å². The lowest BCUT2D eigenvalue weighted by molar-refractivity contribution is -0.117. The van der Waals surface area contributed by atoms with E-state index in [-0.39, 0.29) is 43.6 Å². The SMILES string of the molecule is C=C(C)C(=O)NCCOCCOCCOCCn1nnc(CN2CC(S(C)(=O)=O)C2)c1C(F)F. The molecule has 0 spiro atoms.